The SMILES string of the molecule is CCCc1[nH]ncc1C(=O)N1C[C@H](OC)C[C@@H]1c1nc(C)no1. The lowest BCUT2D eigenvalue weighted by Crippen LogP contribution is -2.32. The maximum atomic E-state index is 13.0. The molecule has 2 aromatic rings. The quantitative estimate of drug-likeness (QED) is 0.900. The Balaban J connectivity index is 1.88. The van der Waals surface area contributed by atoms with Crippen molar-refractivity contribution in [1.29, 1.82) is 0 Å². The Bertz CT molecular complexity index is 680. The van der Waals surface area contributed by atoms with Crippen LogP contribution in [0.1, 0.15) is 53.6 Å². The molecule has 1 aliphatic rings. The minimum atomic E-state index is -0.266. The van der Waals surface area contributed by atoms with Crippen molar-refractivity contribution in [1.82, 2.24) is 25.2 Å². The van der Waals surface area contributed by atoms with Crippen LogP contribution in [0.5, 0.6) is 0 Å². The summed E-state index contributed by atoms with van der Waals surface area (Å²) in [4.78, 5) is 19.0. The second kappa shape index (κ2) is 6.49. The molecule has 3 heterocycles. The number of rotatable bonds is 5. The van der Waals surface area contributed by atoms with Crippen LogP contribution in [0.4, 0.5) is 0 Å². The van der Waals surface area contributed by atoms with E-state index in [2.05, 4.69) is 27.3 Å². The van der Waals surface area contributed by atoms with Crippen LogP contribution in [0.3, 0.4) is 0 Å². The number of aryl methyl sites for hydroxylation is 2. The number of ether oxygens (including phenoxy) is 1. The third kappa shape index (κ3) is 2.98. The fourth-order valence-electron chi connectivity index (χ4n) is 2.97. The monoisotopic (exact) mass is 319 g/mol. The summed E-state index contributed by atoms with van der Waals surface area (Å²) in [5, 5.41) is 10.8. The molecule has 0 bridgehead atoms. The highest BCUT2D eigenvalue weighted by Gasteiger charge is 2.40. The Labute approximate surface area is 134 Å². The van der Waals surface area contributed by atoms with E-state index in [0.717, 1.165) is 18.5 Å². The van der Waals surface area contributed by atoms with Gasteiger partial charge in [-0.25, -0.2) is 0 Å². The summed E-state index contributed by atoms with van der Waals surface area (Å²) < 4.78 is 10.7. The number of nitrogens with one attached hydrogen (secondary N) is 1. The number of hydrogen-bond donors (Lipinski definition) is 1. The van der Waals surface area contributed by atoms with Crippen molar-refractivity contribution < 1.29 is 14.1 Å². The van der Waals surface area contributed by atoms with E-state index in [-0.39, 0.29) is 18.1 Å². The van der Waals surface area contributed by atoms with Crippen LogP contribution < -0.4 is 0 Å². The summed E-state index contributed by atoms with van der Waals surface area (Å²) in [6.07, 6.45) is 3.91. The van der Waals surface area contributed by atoms with Crippen molar-refractivity contribution in [2.75, 3.05) is 13.7 Å². The van der Waals surface area contributed by atoms with Gasteiger partial charge in [0.15, 0.2) is 5.82 Å². The smallest absolute Gasteiger partial charge is 0.258 e. The van der Waals surface area contributed by atoms with Gasteiger partial charge in [0, 0.05) is 25.8 Å². The number of carbonyl (C=O) groups excluding carboxylic acids is 1. The number of methoxy groups -OCH3 is 1. The highest BCUT2D eigenvalue weighted by atomic mass is 16.5. The first-order valence-corrected chi connectivity index (χ1v) is 7.80. The minimum Gasteiger partial charge on any atom is -0.380 e. The van der Waals surface area contributed by atoms with Gasteiger partial charge in [-0.05, 0) is 13.3 Å². The molecule has 3 rings (SSSR count). The molecule has 2 atom stereocenters. The molecule has 1 fully saturated rings. The largest absolute Gasteiger partial charge is 0.380 e. The van der Waals surface area contributed by atoms with Crippen LogP contribution in [0.25, 0.3) is 0 Å². The van der Waals surface area contributed by atoms with Gasteiger partial charge in [0.05, 0.1) is 17.9 Å². The minimum absolute atomic E-state index is 0.0438. The predicted octanol–water partition coefficient (Wildman–Crippen LogP) is 1.66. The number of likely N-dealkylation sites (tertiary alicyclic amines) is 1. The topological polar surface area (TPSA) is 97.1 Å². The summed E-state index contributed by atoms with van der Waals surface area (Å²) in [6.45, 7) is 4.32. The van der Waals surface area contributed by atoms with Crippen LogP contribution >= 0.6 is 0 Å². The molecule has 0 radical (unpaired) electrons. The van der Waals surface area contributed by atoms with Crippen LogP contribution in [-0.4, -0.2) is 50.9 Å². The molecule has 1 saturated heterocycles. The van der Waals surface area contributed by atoms with Gasteiger partial charge >= 0.3 is 0 Å². The van der Waals surface area contributed by atoms with Crippen molar-refractivity contribution in [3.63, 3.8) is 0 Å². The van der Waals surface area contributed by atoms with Crippen molar-refractivity contribution in [3.05, 3.63) is 29.2 Å². The van der Waals surface area contributed by atoms with E-state index in [4.69, 9.17) is 9.26 Å². The molecule has 1 aliphatic heterocycles. The first kappa shape index (κ1) is 15.7. The van der Waals surface area contributed by atoms with E-state index in [0.29, 0.717) is 30.2 Å². The Kier molecular flexibility index (Phi) is 4.42. The standard InChI is InChI=1S/C15H21N5O3/c1-4-5-12-11(7-16-18-12)15(21)20-8-10(22-3)6-13(20)14-17-9(2)19-23-14/h7,10,13H,4-6,8H2,1-3H3,(H,16,18)/t10-,13-/m1/s1. The molecule has 23 heavy (non-hydrogen) atoms. The fraction of sp³-hybridized carbons (Fsp3) is 0.600. The molecule has 0 spiro atoms. The van der Waals surface area contributed by atoms with Crippen molar-refractivity contribution in [2.24, 2.45) is 0 Å². The highest BCUT2D eigenvalue weighted by molar-refractivity contribution is 5.95. The average molecular weight is 319 g/mol. The average Bonchev–Trinajstić information content (AvgIpc) is 3.25. The summed E-state index contributed by atoms with van der Waals surface area (Å²) in [5.74, 6) is 0.932. The van der Waals surface area contributed by atoms with E-state index < -0.39 is 0 Å². The molecule has 1 N–H and O–H groups in total. The lowest BCUT2D eigenvalue weighted by molar-refractivity contribution is 0.0670. The highest BCUT2D eigenvalue weighted by Crippen LogP contribution is 2.34. The number of aromatic nitrogens is 4. The van der Waals surface area contributed by atoms with Gasteiger partial charge in [0.1, 0.15) is 6.04 Å². The van der Waals surface area contributed by atoms with Crippen molar-refractivity contribution >= 4 is 5.91 Å². The van der Waals surface area contributed by atoms with Gasteiger partial charge in [0.25, 0.3) is 5.91 Å². The molecule has 0 aromatic carbocycles. The zero-order chi connectivity index (χ0) is 16.4. The van der Waals surface area contributed by atoms with E-state index in [1.165, 1.54) is 0 Å². The normalized spacial score (nSPS) is 21.1. The summed E-state index contributed by atoms with van der Waals surface area (Å²) in [7, 11) is 1.65. The lowest BCUT2D eigenvalue weighted by Gasteiger charge is -2.21. The fourth-order valence-corrected chi connectivity index (χ4v) is 2.97. The molecule has 0 aliphatic carbocycles. The maximum absolute atomic E-state index is 13.0. The Morgan fingerprint density at radius 3 is 3.04 bits per heavy atom. The van der Waals surface area contributed by atoms with Gasteiger partial charge in [-0.15, -0.1) is 0 Å². The predicted molar refractivity (Wildman–Crippen MR) is 80.8 cm³/mol. The third-order valence-corrected chi connectivity index (χ3v) is 4.13. The second-order valence-electron chi connectivity index (χ2n) is 5.76. The van der Waals surface area contributed by atoms with Crippen LogP contribution in [0, 0.1) is 6.92 Å². The molecular formula is C15H21N5O3. The van der Waals surface area contributed by atoms with Crippen LogP contribution in [0.2, 0.25) is 0 Å². The van der Waals surface area contributed by atoms with Crippen LogP contribution in [0.15, 0.2) is 10.7 Å². The molecule has 2 aromatic heterocycles. The maximum Gasteiger partial charge on any atom is 0.258 e. The number of amides is 1. The van der Waals surface area contributed by atoms with Gasteiger partial charge in [-0.2, -0.15) is 10.1 Å². The Morgan fingerprint density at radius 2 is 2.39 bits per heavy atom. The summed E-state index contributed by atoms with van der Waals surface area (Å²) in [6, 6.07) is -0.266. The number of aromatic amines is 1. The van der Waals surface area contributed by atoms with Gasteiger partial charge in [-0.3, -0.25) is 9.89 Å². The van der Waals surface area contributed by atoms with E-state index in [9.17, 15) is 4.79 Å². The first-order chi connectivity index (χ1) is 11.1. The molecular weight excluding hydrogens is 298 g/mol. The Morgan fingerprint density at radius 1 is 1.57 bits per heavy atom. The zero-order valence-corrected chi connectivity index (χ0v) is 13.6. The van der Waals surface area contributed by atoms with Crippen LogP contribution in [-0.2, 0) is 11.2 Å². The Hall–Kier alpha value is -2.22. The van der Waals surface area contributed by atoms with Gasteiger partial charge in [-0.1, -0.05) is 18.5 Å². The molecule has 1 amide bonds. The molecule has 8 nitrogen and oxygen atoms in total. The van der Waals surface area contributed by atoms with E-state index >= 15 is 0 Å². The van der Waals surface area contributed by atoms with E-state index in [1.807, 2.05) is 0 Å². The third-order valence-electron chi connectivity index (χ3n) is 4.13. The number of hydrogen-bond acceptors (Lipinski definition) is 6. The number of H-pyrrole nitrogens is 1. The molecule has 8 heteroatoms. The van der Waals surface area contributed by atoms with Crippen molar-refractivity contribution in [3.8, 4) is 0 Å². The molecule has 124 valence electrons. The summed E-state index contributed by atoms with van der Waals surface area (Å²) in [5.41, 5.74) is 1.46. The second-order valence-corrected chi connectivity index (χ2v) is 5.76. The van der Waals surface area contributed by atoms with Crippen molar-refractivity contribution in [2.45, 2.75) is 45.3 Å². The molecule has 0 saturated carbocycles. The zero-order valence-electron chi connectivity index (χ0n) is 13.6. The van der Waals surface area contributed by atoms with E-state index in [1.54, 1.807) is 25.1 Å². The number of nitrogens with zero attached hydrogens (tertiary/aromatic N) is 4. The first-order valence-electron chi connectivity index (χ1n) is 7.80. The van der Waals surface area contributed by atoms with Gasteiger partial charge < -0.3 is 14.2 Å². The molecule has 0 unspecified atom stereocenters. The lowest BCUT2D eigenvalue weighted by atomic mass is 10.1. The number of carbonyl (C=O) groups is 1. The summed E-state index contributed by atoms with van der Waals surface area (Å²) >= 11 is 0. The van der Waals surface area contributed by atoms with Gasteiger partial charge in [0.2, 0.25) is 5.89 Å².